The molecular formula is C22H19F4N3O2S. The van der Waals surface area contributed by atoms with Crippen LogP contribution in [0.15, 0.2) is 47.6 Å². The molecule has 0 spiro atoms. The molecule has 0 amide bonds. The number of aromatic nitrogens is 2. The molecule has 1 N–H and O–H groups in total. The van der Waals surface area contributed by atoms with Crippen LogP contribution < -0.4 is 4.74 Å². The van der Waals surface area contributed by atoms with Gasteiger partial charge in [0.1, 0.15) is 22.9 Å². The summed E-state index contributed by atoms with van der Waals surface area (Å²) in [6.07, 6.45) is -3.94. The van der Waals surface area contributed by atoms with Gasteiger partial charge < -0.3 is 9.84 Å². The minimum Gasteiger partial charge on any atom is -0.493 e. The minimum atomic E-state index is -5.04. The van der Waals surface area contributed by atoms with Gasteiger partial charge in [0.2, 0.25) is 0 Å². The number of ether oxygens (including phenoxy) is 1. The first-order valence-electron chi connectivity index (χ1n) is 9.73. The van der Waals surface area contributed by atoms with Crippen LogP contribution in [0, 0.1) is 12.7 Å². The maximum Gasteiger partial charge on any atom is 0.422 e. The maximum absolute atomic E-state index is 14.1. The van der Waals surface area contributed by atoms with Crippen molar-refractivity contribution in [2.45, 2.75) is 36.3 Å². The Kier molecular flexibility index (Phi) is 5.62. The van der Waals surface area contributed by atoms with Gasteiger partial charge in [0.05, 0.1) is 12.3 Å². The number of alkyl halides is 3. The molecule has 2 unspecified atom stereocenters. The highest BCUT2D eigenvalue weighted by molar-refractivity contribution is 7.81. The Balaban J connectivity index is 1.75. The second-order valence-electron chi connectivity index (χ2n) is 7.73. The zero-order chi connectivity index (χ0) is 23.1. The van der Waals surface area contributed by atoms with Gasteiger partial charge in [-0.15, -0.1) is 0 Å². The SMILES string of the molecule is Cc1ncc2c(N=CC(O)(CC3(S)CCOc4ccccc43)C(F)(F)F)ccc(F)c2n1. The van der Waals surface area contributed by atoms with Crippen LogP contribution in [0.1, 0.15) is 24.2 Å². The first kappa shape index (κ1) is 22.5. The highest BCUT2D eigenvalue weighted by Gasteiger charge is 2.57. The third kappa shape index (κ3) is 4.04. The fraction of sp³-hybridized carbons (Fsp3) is 0.318. The molecular weight excluding hydrogens is 446 g/mol. The number of nitrogens with zero attached hydrogens (tertiary/aromatic N) is 3. The van der Waals surface area contributed by atoms with Crippen LogP contribution in [0.5, 0.6) is 5.75 Å². The molecule has 32 heavy (non-hydrogen) atoms. The molecule has 168 valence electrons. The molecule has 2 heterocycles. The van der Waals surface area contributed by atoms with Crippen LogP contribution in [-0.4, -0.2) is 39.7 Å². The number of aliphatic imine (C=N–C) groups is 1. The van der Waals surface area contributed by atoms with E-state index in [-0.39, 0.29) is 29.6 Å². The van der Waals surface area contributed by atoms with E-state index in [0.29, 0.717) is 23.4 Å². The van der Waals surface area contributed by atoms with Gasteiger partial charge in [-0.2, -0.15) is 25.8 Å². The summed E-state index contributed by atoms with van der Waals surface area (Å²) in [6.45, 7) is 1.72. The summed E-state index contributed by atoms with van der Waals surface area (Å²) in [4.78, 5) is 11.8. The molecule has 0 aliphatic carbocycles. The number of aryl methyl sites for hydroxylation is 1. The highest BCUT2D eigenvalue weighted by Crippen LogP contribution is 2.49. The maximum atomic E-state index is 14.1. The number of aliphatic hydroxyl groups is 1. The first-order valence-corrected chi connectivity index (χ1v) is 10.2. The van der Waals surface area contributed by atoms with Gasteiger partial charge in [-0.1, -0.05) is 18.2 Å². The molecule has 0 radical (unpaired) electrons. The molecule has 1 aliphatic rings. The molecule has 10 heteroatoms. The van der Waals surface area contributed by atoms with Crippen molar-refractivity contribution in [3.63, 3.8) is 0 Å². The van der Waals surface area contributed by atoms with E-state index in [9.17, 15) is 22.7 Å². The van der Waals surface area contributed by atoms with Crippen molar-refractivity contribution < 1.29 is 27.4 Å². The Morgan fingerprint density at radius 3 is 2.75 bits per heavy atom. The molecule has 5 nitrogen and oxygen atoms in total. The van der Waals surface area contributed by atoms with E-state index in [0.717, 1.165) is 6.07 Å². The van der Waals surface area contributed by atoms with Crippen LogP contribution >= 0.6 is 12.6 Å². The summed E-state index contributed by atoms with van der Waals surface area (Å²) in [7, 11) is 0. The van der Waals surface area contributed by atoms with E-state index in [1.807, 2.05) is 0 Å². The fourth-order valence-corrected chi connectivity index (χ4v) is 4.26. The third-order valence-corrected chi connectivity index (χ3v) is 6.05. The summed E-state index contributed by atoms with van der Waals surface area (Å²) in [5, 5.41) is 10.9. The normalized spacial score (nSPS) is 20.7. The molecule has 0 fully saturated rings. The summed E-state index contributed by atoms with van der Waals surface area (Å²) in [5.41, 5.74) is -2.90. The van der Waals surface area contributed by atoms with Gasteiger partial charge >= 0.3 is 6.18 Å². The lowest BCUT2D eigenvalue weighted by Gasteiger charge is -2.40. The average molecular weight is 465 g/mol. The Labute approximate surface area is 186 Å². The van der Waals surface area contributed by atoms with Crippen molar-refractivity contribution in [3.8, 4) is 5.75 Å². The molecule has 2 atom stereocenters. The number of benzene rings is 2. The lowest BCUT2D eigenvalue weighted by atomic mass is 9.81. The van der Waals surface area contributed by atoms with Crippen LogP contribution in [0.4, 0.5) is 23.2 Å². The van der Waals surface area contributed by atoms with E-state index in [4.69, 9.17) is 4.74 Å². The molecule has 0 bridgehead atoms. The smallest absolute Gasteiger partial charge is 0.422 e. The largest absolute Gasteiger partial charge is 0.493 e. The number of para-hydroxylation sites is 1. The van der Waals surface area contributed by atoms with Crippen molar-refractivity contribution in [2.75, 3.05) is 6.61 Å². The van der Waals surface area contributed by atoms with Crippen molar-refractivity contribution in [1.29, 1.82) is 0 Å². The zero-order valence-corrected chi connectivity index (χ0v) is 17.8. The topological polar surface area (TPSA) is 67.6 Å². The first-order chi connectivity index (χ1) is 15.0. The average Bonchev–Trinajstić information content (AvgIpc) is 2.73. The Morgan fingerprint density at radius 1 is 1.25 bits per heavy atom. The van der Waals surface area contributed by atoms with Crippen molar-refractivity contribution in [3.05, 3.63) is 59.8 Å². The molecule has 0 saturated heterocycles. The molecule has 4 rings (SSSR count). The lowest BCUT2D eigenvalue weighted by molar-refractivity contribution is -0.233. The molecule has 0 saturated carbocycles. The number of halogens is 4. The second-order valence-corrected chi connectivity index (χ2v) is 8.59. The van der Waals surface area contributed by atoms with E-state index < -0.39 is 28.8 Å². The lowest BCUT2D eigenvalue weighted by Crippen LogP contribution is -2.51. The molecule has 2 aromatic carbocycles. The Morgan fingerprint density at radius 2 is 2.00 bits per heavy atom. The fourth-order valence-electron chi connectivity index (χ4n) is 3.74. The van der Waals surface area contributed by atoms with E-state index >= 15 is 0 Å². The summed E-state index contributed by atoms with van der Waals surface area (Å²) >= 11 is 4.55. The third-order valence-electron chi connectivity index (χ3n) is 5.43. The van der Waals surface area contributed by atoms with Crippen molar-refractivity contribution in [1.82, 2.24) is 9.97 Å². The van der Waals surface area contributed by atoms with Gasteiger partial charge in [-0.05, 0) is 25.1 Å². The second kappa shape index (κ2) is 8.00. The number of hydrogen-bond acceptors (Lipinski definition) is 6. The van der Waals surface area contributed by atoms with Gasteiger partial charge in [0, 0.05) is 40.9 Å². The quantitative estimate of drug-likeness (QED) is 0.321. The summed E-state index contributed by atoms with van der Waals surface area (Å²) < 4.78 is 60.5. The highest BCUT2D eigenvalue weighted by atomic mass is 32.1. The molecule has 1 aromatic heterocycles. The number of fused-ring (bicyclic) bond motifs is 2. The molecule has 3 aromatic rings. The van der Waals surface area contributed by atoms with E-state index in [2.05, 4.69) is 27.6 Å². The standard InChI is InChI=1S/C22H19F4N3O2S/c1-13-27-10-14-17(7-6-16(23)19(14)29-13)28-12-21(30,22(24,25)26)11-20(32)8-9-31-18-5-3-2-4-15(18)20/h2-7,10,12,30,32H,8-9,11H2,1H3. The van der Waals surface area contributed by atoms with Crippen LogP contribution in [-0.2, 0) is 4.75 Å². The number of hydrogen-bond donors (Lipinski definition) is 2. The van der Waals surface area contributed by atoms with Gasteiger partial charge in [0.15, 0.2) is 5.60 Å². The Hall–Kier alpha value is -2.72. The van der Waals surface area contributed by atoms with Gasteiger partial charge in [0.25, 0.3) is 0 Å². The Bertz CT molecular complexity index is 1200. The molecule has 1 aliphatic heterocycles. The number of rotatable bonds is 4. The van der Waals surface area contributed by atoms with Gasteiger partial charge in [-0.3, -0.25) is 4.99 Å². The van der Waals surface area contributed by atoms with Crippen LogP contribution in [0.2, 0.25) is 0 Å². The zero-order valence-electron chi connectivity index (χ0n) is 16.9. The van der Waals surface area contributed by atoms with Crippen LogP contribution in [0.3, 0.4) is 0 Å². The van der Waals surface area contributed by atoms with Crippen molar-refractivity contribution in [2.24, 2.45) is 4.99 Å². The predicted octanol–water partition coefficient (Wildman–Crippen LogP) is 5.07. The predicted molar refractivity (Wildman–Crippen MR) is 115 cm³/mol. The minimum absolute atomic E-state index is 0.00432. The van der Waals surface area contributed by atoms with Crippen LogP contribution in [0.25, 0.3) is 10.9 Å². The van der Waals surface area contributed by atoms with E-state index in [1.54, 1.807) is 31.2 Å². The van der Waals surface area contributed by atoms with Gasteiger partial charge in [-0.25, -0.2) is 14.4 Å². The van der Waals surface area contributed by atoms with Crippen molar-refractivity contribution >= 4 is 35.4 Å². The summed E-state index contributed by atoms with van der Waals surface area (Å²) in [5.74, 6) is 0.0791. The van der Waals surface area contributed by atoms with E-state index in [1.165, 1.54) is 12.3 Å². The number of thiol groups is 1. The monoisotopic (exact) mass is 465 g/mol. The summed E-state index contributed by atoms with van der Waals surface area (Å²) in [6, 6.07) is 8.92.